The normalized spacial score (nSPS) is 23.9. The fourth-order valence-electron chi connectivity index (χ4n) is 1.64. The van der Waals surface area contributed by atoms with Crippen LogP contribution >= 0.6 is 0 Å². The molecule has 1 aliphatic rings. The minimum absolute atomic E-state index is 0.0325. The number of nitrogens with zero attached hydrogens (tertiary/aromatic N) is 1. The van der Waals surface area contributed by atoms with Gasteiger partial charge < -0.3 is 10.3 Å². The zero-order chi connectivity index (χ0) is 11.6. The van der Waals surface area contributed by atoms with Crippen molar-refractivity contribution in [2.24, 2.45) is 0 Å². The molecular weight excluding hydrogens is 206 g/mol. The van der Waals surface area contributed by atoms with Gasteiger partial charge in [-0.05, 0) is 24.3 Å². The Hall–Kier alpha value is -1.91. The first-order chi connectivity index (χ1) is 7.62. The number of quaternary nitrogens is 1. The Labute approximate surface area is 92.9 Å². The van der Waals surface area contributed by atoms with Gasteiger partial charge in [-0.1, -0.05) is 18.2 Å². The first-order valence-corrected chi connectivity index (χ1v) is 4.89. The van der Waals surface area contributed by atoms with Gasteiger partial charge in [0.15, 0.2) is 0 Å². The maximum Gasteiger partial charge on any atom is 0.341 e. The predicted molar refractivity (Wildman–Crippen MR) is 61.3 cm³/mol. The first kappa shape index (κ1) is 10.6. The van der Waals surface area contributed by atoms with E-state index in [9.17, 15) is 10.0 Å². The van der Waals surface area contributed by atoms with E-state index in [2.05, 4.69) is 0 Å². The van der Waals surface area contributed by atoms with Crippen molar-refractivity contribution in [2.45, 2.75) is 0 Å². The molecule has 0 amide bonds. The summed E-state index contributed by atoms with van der Waals surface area (Å²) in [7, 11) is 0. The molecule has 16 heavy (non-hydrogen) atoms. The standard InChI is InChI=1S/C12H11NO3/c14-12(15)10-5-4-8-13(16,9-10)11-6-2-1-3-7-11/h1-7,9H,8H2,(H,14,15)/t13-/m1/s1. The van der Waals surface area contributed by atoms with E-state index >= 15 is 0 Å². The number of aliphatic carboxylic acids is 1. The van der Waals surface area contributed by atoms with E-state index in [0.717, 1.165) is 0 Å². The summed E-state index contributed by atoms with van der Waals surface area (Å²) in [5, 5.41) is 21.2. The minimum atomic E-state index is -1.08. The number of hydroxylamine groups is 2. The Morgan fingerprint density at radius 3 is 2.62 bits per heavy atom. The Bertz CT molecular complexity index is 464. The quantitative estimate of drug-likeness (QED) is 0.609. The van der Waals surface area contributed by atoms with Gasteiger partial charge >= 0.3 is 5.97 Å². The Balaban J connectivity index is 2.41. The Morgan fingerprint density at radius 2 is 2.00 bits per heavy atom. The van der Waals surface area contributed by atoms with Gasteiger partial charge in [0.05, 0.1) is 0 Å². The maximum absolute atomic E-state index is 12.4. The molecule has 4 heteroatoms. The van der Waals surface area contributed by atoms with Gasteiger partial charge in [-0.2, -0.15) is 0 Å². The molecule has 0 spiro atoms. The number of para-hydroxylation sites is 1. The van der Waals surface area contributed by atoms with Crippen LogP contribution in [0.25, 0.3) is 0 Å². The smallest absolute Gasteiger partial charge is 0.341 e. The molecule has 0 radical (unpaired) electrons. The number of carbonyl (C=O) groups is 1. The minimum Gasteiger partial charge on any atom is -0.622 e. The molecule has 82 valence electrons. The highest BCUT2D eigenvalue weighted by Crippen LogP contribution is 2.26. The predicted octanol–water partition coefficient (Wildman–Crippen LogP) is 2.03. The van der Waals surface area contributed by atoms with Crippen LogP contribution < -0.4 is 4.65 Å². The van der Waals surface area contributed by atoms with Crippen LogP contribution in [0.1, 0.15) is 0 Å². The van der Waals surface area contributed by atoms with Crippen molar-refractivity contribution < 1.29 is 9.90 Å². The highest BCUT2D eigenvalue weighted by molar-refractivity contribution is 5.90. The lowest BCUT2D eigenvalue weighted by Crippen LogP contribution is -2.39. The number of benzene rings is 1. The SMILES string of the molecule is O=C(O)C1=C[N@@+]([O-])(c2ccccc2)CC=C1. The van der Waals surface area contributed by atoms with Crippen LogP contribution in [-0.2, 0) is 4.79 Å². The topological polar surface area (TPSA) is 60.4 Å². The lowest BCUT2D eigenvalue weighted by atomic mass is 10.2. The fourth-order valence-corrected chi connectivity index (χ4v) is 1.64. The Morgan fingerprint density at radius 1 is 1.31 bits per heavy atom. The lowest BCUT2D eigenvalue weighted by Gasteiger charge is -2.39. The largest absolute Gasteiger partial charge is 0.622 e. The molecule has 0 aliphatic carbocycles. The van der Waals surface area contributed by atoms with Gasteiger partial charge in [0.2, 0.25) is 0 Å². The van der Waals surface area contributed by atoms with Crippen molar-refractivity contribution in [3.05, 3.63) is 59.5 Å². The van der Waals surface area contributed by atoms with Gasteiger partial charge in [-0.25, -0.2) is 4.79 Å². The van der Waals surface area contributed by atoms with Crippen molar-refractivity contribution in [3.8, 4) is 0 Å². The molecule has 0 bridgehead atoms. The average Bonchev–Trinajstić information content (AvgIpc) is 2.30. The fraction of sp³-hybridized carbons (Fsp3) is 0.0833. The second-order valence-corrected chi connectivity index (χ2v) is 3.61. The van der Waals surface area contributed by atoms with Gasteiger partial charge in [-0.15, -0.1) is 0 Å². The molecule has 1 aliphatic heterocycles. The van der Waals surface area contributed by atoms with Crippen LogP contribution in [0.15, 0.2) is 54.3 Å². The van der Waals surface area contributed by atoms with Crippen LogP contribution in [0, 0.1) is 5.21 Å². The summed E-state index contributed by atoms with van der Waals surface area (Å²) in [6.45, 7) is 0.223. The first-order valence-electron chi connectivity index (χ1n) is 4.89. The number of carboxylic acids is 1. The summed E-state index contributed by atoms with van der Waals surface area (Å²) in [4.78, 5) is 10.8. The number of rotatable bonds is 2. The molecule has 1 N–H and O–H groups in total. The van der Waals surface area contributed by atoms with Gasteiger partial charge in [0.25, 0.3) is 0 Å². The molecule has 0 saturated heterocycles. The van der Waals surface area contributed by atoms with Crippen LogP contribution in [0.5, 0.6) is 0 Å². The number of hydrogen-bond acceptors (Lipinski definition) is 2. The highest BCUT2D eigenvalue weighted by Gasteiger charge is 2.22. The van der Waals surface area contributed by atoms with E-state index in [0.29, 0.717) is 5.69 Å². The van der Waals surface area contributed by atoms with Crippen LogP contribution in [-0.4, -0.2) is 17.6 Å². The molecule has 1 atom stereocenters. The van der Waals surface area contributed by atoms with E-state index in [1.54, 1.807) is 30.3 Å². The van der Waals surface area contributed by atoms with Crippen LogP contribution in [0.4, 0.5) is 5.69 Å². The van der Waals surface area contributed by atoms with Crippen molar-refractivity contribution >= 4 is 11.7 Å². The molecule has 0 unspecified atom stereocenters. The summed E-state index contributed by atoms with van der Waals surface area (Å²) in [5.74, 6) is -1.08. The van der Waals surface area contributed by atoms with Crippen molar-refractivity contribution in [1.82, 2.24) is 4.65 Å². The summed E-state index contributed by atoms with van der Waals surface area (Å²) in [6, 6.07) is 8.74. The Kier molecular flexibility index (Phi) is 2.60. The molecule has 0 saturated carbocycles. The summed E-state index contributed by atoms with van der Waals surface area (Å²) < 4.78 is -0.751. The summed E-state index contributed by atoms with van der Waals surface area (Å²) in [5.41, 5.74) is 0.565. The van der Waals surface area contributed by atoms with E-state index in [4.69, 9.17) is 5.11 Å². The second-order valence-electron chi connectivity index (χ2n) is 3.61. The third-order valence-corrected chi connectivity index (χ3v) is 2.46. The van der Waals surface area contributed by atoms with Gasteiger partial charge in [-0.3, -0.25) is 4.65 Å². The monoisotopic (exact) mass is 217 g/mol. The zero-order valence-electron chi connectivity index (χ0n) is 8.54. The summed E-state index contributed by atoms with van der Waals surface area (Å²) >= 11 is 0. The molecular formula is C12H11NO3. The molecule has 2 rings (SSSR count). The number of hydrogen-bond donors (Lipinski definition) is 1. The second kappa shape index (κ2) is 3.92. The summed E-state index contributed by atoms with van der Waals surface area (Å²) in [6.07, 6.45) is 4.26. The van der Waals surface area contributed by atoms with Crippen LogP contribution in [0.3, 0.4) is 0 Å². The molecule has 0 aromatic heterocycles. The maximum atomic E-state index is 12.4. The molecule has 0 fully saturated rings. The van der Waals surface area contributed by atoms with Gasteiger partial charge in [0, 0.05) is 0 Å². The lowest BCUT2D eigenvalue weighted by molar-refractivity contribution is -0.132. The van der Waals surface area contributed by atoms with Gasteiger partial charge in [0.1, 0.15) is 24.0 Å². The third-order valence-electron chi connectivity index (χ3n) is 2.46. The molecule has 1 heterocycles. The highest BCUT2D eigenvalue weighted by atomic mass is 16.5. The van der Waals surface area contributed by atoms with Crippen LogP contribution in [0.2, 0.25) is 0 Å². The molecule has 4 nitrogen and oxygen atoms in total. The molecule has 1 aromatic rings. The van der Waals surface area contributed by atoms with E-state index in [1.165, 1.54) is 12.3 Å². The third kappa shape index (κ3) is 1.88. The average molecular weight is 217 g/mol. The van der Waals surface area contributed by atoms with Crippen molar-refractivity contribution in [3.63, 3.8) is 0 Å². The van der Waals surface area contributed by atoms with E-state index < -0.39 is 10.6 Å². The van der Waals surface area contributed by atoms with Crippen molar-refractivity contribution in [1.29, 1.82) is 0 Å². The zero-order valence-corrected chi connectivity index (χ0v) is 8.54. The van der Waals surface area contributed by atoms with Crippen molar-refractivity contribution in [2.75, 3.05) is 6.54 Å². The number of carboxylic acid groups (broad SMARTS) is 1. The van der Waals surface area contributed by atoms with E-state index in [-0.39, 0.29) is 12.1 Å². The van der Waals surface area contributed by atoms with E-state index in [1.807, 2.05) is 6.07 Å². The molecule has 1 aromatic carbocycles.